The third-order valence-electron chi connectivity index (χ3n) is 3.36. The van der Waals surface area contributed by atoms with Gasteiger partial charge in [-0.1, -0.05) is 12.1 Å². The van der Waals surface area contributed by atoms with Crippen LogP contribution in [0.25, 0.3) is 0 Å². The Balaban J connectivity index is 0.00000264. The summed E-state index contributed by atoms with van der Waals surface area (Å²) in [5.41, 5.74) is 7.99. The maximum atomic E-state index is 12.3. The minimum atomic E-state index is -3.52. The molecule has 5 nitrogen and oxygen atoms in total. The average molecular weight is 357 g/mol. The van der Waals surface area contributed by atoms with E-state index in [2.05, 4.69) is 4.72 Å². The van der Waals surface area contributed by atoms with Crippen LogP contribution in [0.2, 0.25) is 0 Å². The zero-order valence-electron chi connectivity index (χ0n) is 13.1. The standard InChI is InChI=1S/C16H20N2O3S.ClH/c1-12-11-15(21-2)7-8-16(12)22(19,20)18-10-9-13-3-5-14(17)6-4-13;/h3-8,11,18H,9-10,17H2,1-2H3;1H. The van der Waals surface area contributed by atoms with Crippen molar-refractivity contribution in [1.82, 2.24) is 4.72 Å². The Kier molecular flexibility index (Phi) is 6.87. The summed E-state index contributed by atoms with van der Waals surface area (Å²) in [6.07, 6.45) is 0.606. The van der Waals surface area contributed by atoms with Crippen LogP contribution in [0, 0.1) is 6.92 Å². The van der Waals surface area contributed by atoms with E-state index in [0.29, 0.717) is 30.0 Å². The van der Waals surface area contributed by atoms with Gasteiger partial charge in [0, 0.05) is 12.2 Å². The van der Waals surface area contributed by atoms with Crippen LogP contribution in [0.3, 0.4) is 0 Å². The number of anilines is 1. The highest BCUT2D eigenvalue weighted by atomic mass is 35.5. The first-order valence-corrected chi connectivity index (χ1v) is 8.39. The van der Waals surface area contributed by atoms with Gasteiger partial charge in [0.25, 0.3) is 0 Å². The van der Waals surface area contributed by atoms with Gasteiger partial charge in [-0.05, 0) is 54.8 Å². The molecule has 0 atom stereocenters. The first-order chi connectivity index (χ1) is 10.4. The second-order valence-corrected chi connectivity index (χ2v) is 6.76. The number of hydrogen-bond donors (Lipinski definition) is 2. The molecule has 126 valence electrons. The van der Waals surface area contributed by atoms with Crippen LogP contribution in [0.1, 0.15) is 11.1 Å². The Morgan fingerprint density at radius 2 is 1.78 bits per heavy atom. The van der Waals surface area contributed by atoms with E-state index in [0.717, 1.165) is 5.56 Å². The van der Waals surface area contributed by atoms with Gasteiger partial charge in [-0.2, -0.15) is 0 Å². The van der Waals surface area contributed by atoms with Gasteiger partial charge < -0.3 is 10.5 Å². The maximum absolute atomic E-state index is 12.3. The first kappa shape index (κ1) is 19.3. The molecule has 0 saturated carbocycles. The number of sulfonamides is 1. The summed E-state index contributed by atoms with van der Waals surface area (Å²) in [4.78, 5) is 0.269. The van der Waals surface area contributed by atoms with E-state index >= 15 is 0 Å². The van der Waals surface area contributed by atoms with Gasteiger partial charge >= 0.3 is 0 Å². The molecule has 0 saturated heterocycles. The quantitative estimate of drug-likeness (QED) is 0.779. The zero-order valence-corrected chi connectivity index (χ0v) is 14.7. The van der Waals surface area contributed by atoms with Crippen molar-refractivity contribution in [1.29, 1.82) is 0 Å². The topological polar surface area (TPSA) is 81.4 Å². The van der Waals surface area contributed by atoms with E-state index in [9.17, 15) is 8.42 Å². The molecule has 0 fully saturated rings. The second kappa shape index (κ2) is 8.19. The number of rotatable bonds is 6. The lowest BCUT2D eigenvalue weighted by Crippen LogP contribution is -2.26. The summed E-state index contributed by atoms with van der Waals surface area (Å²) in [6.45, 7) is 2.08. The molecule has 23 heavy (non-hydrogen) atoms. The van der Waals surface area contributed by atoms with Crippen molar-refractivity contribution in [2.45, 2.75) is 18.2 Å². The molecule has 0 aliphatic heterocycles. The molecule has 0 radical (unpaired) electrons. The molecule has 0 aliphatic rings. The smallest absolute Gasteiger partial charge is 0.240 e. The lowest BCUT2D eigenvalue weighted by Gasteiger charge is -2.10. The van der Waals surface area contributed by atoms with E-state index in [-0.39, 0.29) is 17.3 Å². The molecular weight excluding hydrogens is 336 g/mol. The fraction of sp³-hybridized carbons (Fsp3) is 0.250. The van der Waals surface area contributed by atoms with Crippen molar-refractivity contribution in [3.8, 4) is 5.75 Å². The summed E-state index contributed by atoms with van der Waals surface area (Å²) in [5.74, 6) is 0.637. The number of ether oxygens (including phenoxy) is 1. The number of halogens is 1. The van der Waals surface area contributed by atoms with Crippen molar-refractivity contribution >= 4 is 28.1 Å². The summed E-state index contributed by atoms with van der Waals surface area (Å²) in [5, 5.41) is 0. The Labute approximate surface area is 143 Å². The highest BCUT2D eigenvalue weighted by molar-refractivity contribution is 7.89. The Morgan fingerprint density at radius 1 is 1.13 bits per heavy atom. The molecule has 2 rings (SSSR count). The second-order valence-electron chi connectivity index (χ2n) is 5.02. The summed E-state index contributed by atoms with van der Waals surface area (Å²) in [6, 6.07) is 12.3. The van der Waals surface area contributed by atoms with E-state index < -0.39 is 10.0 Å². The number of nitrogen functional groups attached to an aromatic ring is 1. The zero-order chi connectivity index (χ0) is 16.2. The van der Waals surface area contributed by atoms with Crippen LogP contribution in [0.5, 0.6) is 5.75 Å². The van der Waals surface area contributed by atoms with Crippen molar-refractivity contribution in [3.05, 3.63) is 53.6 Å². The lowest BCUT2D eigenvalue weighted by molar-refractivity contribution is 0.414. The van der Waals surface area contributed by atoms with Gasteiger partial charge in [0.15, 0.2) is 0 Å². The molecule has 2 aromatic rings. The Hall–Kier alpha value is -1.76. The first-order valence-electron chi connectivity index (χ1n) is 6.91. The molecule has 7 heteroatoms. The summed E-state index contributed by atoms with van der Waals surface area (Å²) in [7, 11) is -1.98. The fourth-order valence-electron chi connectivity index (χ4n) is 2.14. The van der Waals surface area contributed by atoms with Crippen molar-refractivity contribution in [3.63, 3.8) is 0 Å². The average Bonchev–Trinajstić information content (AvgIpc) is 2.48. The number of aryl methyl sites for hydroxylation is 1. The highest BCUT2D eigenvalue weighted by Gasteiger charge is 2.16. The highest BCUT2D eigenvalue weighted by Crippen LogP contribution is 2.20. The predicted molar refractivity (Wildman–Crippen MR) is 94.7 cm³/mol. The summed E-state index contributed by atoms with van der Waals surface area (Å²) < 4.78 is 32.4. The number of methoxy groups -OCH3 is 1. The monoisotopic (exact) mass is 356 g/mol. The van der Waals surface area contributed by atoms with Gasteiger partial charge in [-0.25, -0.2) is 13.1 Å². The molecule has 2 aromatic carbocycles. The largest absolute Gasteiger partial charge is 0.497 e. The van der Waals surface area contributed by atoms with Crippen LogP contribution in [0.15, 0.2) is 47.4 Å². The van der Waals surface area contributed by atoms with Crippen LogP contribution in [-0.4, -0.2) is 22.1 Å². The van der Waals surface area contributed by atoms with E-state index in [1.807, 2.05) is 12.1 Å². The van der Waals surface area contributed by atoms with Gasteiger partial charge in [0.1, 0.15) is 5.75 Å². The molecule has 0 bridgehead atoms. The normalized spacial score (nSPS) is 10.9. The Morgan fingerprint density at radius 3 is 2.35 bits per heavy atom. The van der Waals surface area contributed by atoms with Gasteiger partial charge in [-0.3, -0.25) is 0 Å². The lowest BCUT2D eigenvalue weighted by atomic mass is 10.1. The molecule has 0 heterocycles. The van der Waals surface area contributed by atoms with E-state index in [1.165, 1.54) is 0 Å². The van der Waals surface area contributed by atoms with E-state index in [4.69, 9.17) is 10.5 Å². The summed E-state index contributed by atoms with van der Waals surface area (Å²) >= 11 is 0. The fourth-order valence-corrected chi connectivity index (χ4v) is 3.40. The van der Waals surface area contributed by atoms with Gasteiger partial charge in [-0.15, -0.1) is 12.4 Å². The minimum absolute atomic E-state index is 0. The Bertz CT molecular complexity index is 746. The van der Waals surface area contributed by atoms with Gasteiger partial charge in [0.05, 0.1) is 12.0 Å². The third kappa shape index (κ3) is 5.13. The van der Waals surface area contributed by atoms with Crippen LogP contribution < -0.4 is 15.2 Å². The molecule has 3 N–H and O–H groups in total. The number of hydrogen-bond acceptors (Lipinski definition) is 4. The molecule has 0 unspecified atom stereocenters. The van der Waals surface area contributed by atoms with E-state index in [1.54, 1.807) is 44.4 Å². The van der Waals surface area contributed by atoms with Crippen molar-refractivity contribution in [2.75, 3.05) is 19.4 Å². The molecule has 0 spiro atoms. The number of nitrogens with two attached hydrogens (primary N) is 1. The van der Waals surface area contributed by atoms with Crippen molar-refractivity contribution in [2.24, 2.45) is 0 Å². The molecule has 0 aromatic heterocycles. The maximum Gasteiger partial charge on any atom is 0.240 e. The van der Waals surface area contributed by atoms with Crippen LogP contribution in [-0.2, 0) is 16.4 Å². The number of benzene rings is 2. The van der Waals surface area contributed by atoms with Crippen LogP contribution in [0.4, 0.5) is 5.69 Å². The molecule has 0 amide bonds. The molecule has 0 aliphatic carbocycles. The van der Waals surface area contributed by atoms with Gasteiger partial charge in [0.2, 0.25) is 10.0 Å². The predicted octanol–water partition coefficient (Wildman–Crippen LogP) is 2.53. The third-order valence-corrected chi connectivity index (χ3v) is 4.98. The number of nitrogens with one attached hydrogen (secondary N) is 1. The molecular formula is C16H21ClN2O3S. The van der Waals surface area contributed by atoms with Crippen LogP contribution >= 0.6 is 12.4 Å². The SMILES string of the molecule is COc1ccc(S(=O)(=O)NCCc2ccc(N)cc2)c(C)c1.Cl. The minimum Gasteiger partial charge on any atom is -0.497 e. The van der Waals surface area contributed by atoms with Crippen molar-refractivity contribution < 1.29 is 13.2 Å².